The Bertz CT molecular complexity index is 627. The van der Waals surface area contributed by atoms with Crippen molar-refractivity contribution in [1.82, 2.24) is 9.97 Å². The topological polar surface area (TPSA) is 59.5 Å². The number of nitrogens with one attached hydrogen (secondary N) is 1. The van der Waals surface area contributed by atoms with E-state index < -0.39 is 0 Å². The predicted molar refractivity (Wildman–Crippen MR) is 97.3 cm³/mol. The van der Waals surface area contributed by atoms with Crippen LogP contribution in [-0.2, 0) is 0 Å². The minimum Gasteiger partial charge on any atom is -0.497 e. The van der Waals surface area contributed by atoms with Crippen LogP contribution in [0.15, 0.2) is 30.3 Å². The summed E-state index contributed by atoms with van der Waals surface area (Å²) in [5.74, 6) is 4.17. The highest BCUT2D eigenvalue weighted by Gasteiger charge is 2.07. The zero-order valence-corrected chi connectivity index (χ0v) is 14.9. The fourth-order valence-corrected chi connectivity index (χ4v) is 2.37. The van der Waals surface area contributed by atoms with Crippen LogP contribution in [0.3, 0.4) is 0 Å². The lowest BCUT2D eigenvalue weighted by Gasteiger charge is -2.20. The summed E-state index contributed by atoms with van der Waals surface area (Å²) in [6.45, 7) is 9.22. The first-order chi connectivity index (χ1) is 11.7. The van der Waals surface area contributed by atoms with Gasteiger partial charge in [0, 0.05) is 19.2 Å². The molecule has 1 heterocycles. The van der Waals surface area contributed by atoms with Gasteiger partial charge in [0.2, 0.25) is 0 Å². The fraction of sp³-hybridized carbons (Fsp3) is 0.444. The van der Waals surface area contributed by atoms with Crippen molar-refractivity contribution in [3.63, 3.8) is 0 Å². The highest BCUT2D eigenvalue weighted by molar-refractivity contribution is 5.49. The summed E-state index contributed by atoms with van der Waals surface area (Å²) in [5.41, 5.74) is 0. The molecule has 1 aromatic carbocycles. The van der Waals surface area contributed by atoms with Gasteiger partial charge in [0.15, 0.2) is 0 Å². The Kier molecular flexibility index (Phi) is 6.66. The van der Waals surface area contributed by atoms with Gasteiger partial charge in [0.1, 0.15) is 35.6 Å². The molecular weight excluding hydrogens is 304 g/mol. The van der Waals surface area contributed by atoms with E-state index in [4.69, 9.17) is 9.47 Å². The summed E-state index contributed by atoms with van der Waals surface area (Å²) < 4.78 is 10.8. The van der Waals surface area contributed by atoms with Crippen molar-refractivity contribution in [3.05, 3.63) is 36.2 Å². The normalized spacial score (nSPS) is 10.3. The second-order valence-electron chi connectivity index (χ2n) is 5.28. The highest BCUT2D eigenvalue weighted by atomic mass is 16.5. The van der Waals surface area contributed by atoms with Gasteiger partial charge in [-0.15, -0.1) is 0 Å². The van der Waals surface area contributed by atoms with Gasteiger partial charge in [-0.3, -0.25) is 0 Å². The van der Waals surface area contributed by atoms with E-state index in [1.165, 1.54) is 0 Å². The quantitative estimate of drug-likeness (QED) is 0.713. The Morgan fingerprint density at radius 1 is 1.04 bits per heavy atom. The Morgan fingerprint density at radius 2 is 1.71 bits per heavy atom. The van der Waals surface area contributed by atoms with Crippen molar-refractivity contribution in [2.75, 3.05) is 43.6 Å². The van der Waals surface area contributed by atoms with Gasteiger partial charge >= 0.3 is 0 Å². The molecule has 2 rings (SSSR count). The molecule has 0 bridgehead atoms. The number of anilines is 2. The predicted octanol–water partition coefficient (Wildman–Crippen LogP) is 3.13. The molecule has 0 atom stereocenters. The van der Waals surface area contributed by atoms with E-state index in [0.29, 0.717) is 13.2 Å². The van der Waals surface area contributed by atoms with Crippen LogP contribution < -0.4 is 19.7 Å². The lowest BCUT2D eigenvalue weighted by atomic mass is 10.3. The first-order valence-electron chi connectivity index (χ1n) is 8.27. The molecule has 1 aromatic heterocycles. The number of rotatable bonds is 9. The Hall–Kier alpha value is -2.50. The number of hydrogen-bond donors (Lipinski definition) is 1. The molecule has 0 saturated heterocycles. The zero-order valence-electron chi connectivity index (χ0n) is 14.9. The van der Waals surface area contributed by atoms with Crippen molar-refractivity contribution in [1.29, 1.82) is 0 Å². The van der Waals surface area contributed by atoms with Gasteiger partial charge in [-0.2, -0.15) is 0 Å². The summed E-state index contributed by atoms with van der Waals surface area (Å²) in [4.78, 5) is 11.1. The molecule has 0 unspecified atom stereocenters. The number of ether oxygens (including phenoxy) is 2. The molecule has 24 heavy (non-hydrogen) atoms. The maximum Gasteiger partial charge on any atom is 0.134 e. The number of aromatic nitrogens is 2. The third kappa shape index (κ3) is 5.01. The van der Waals surface area contributed by atoms with E-state index in [-0.39, 0.29) is 0 Å². The second kappa shape index (κ2) is 8.96. The lowest BCUT2D eigenvalue weighted by molar-refractivity contribution is 0.331. The molecule has 0 spiro atoms. The van der Waals surface area contributed by atoms with Crippen LogP contribution in [-0.4, -0.2) is 43.3 Å². The molecule has 0 saturated carbocycles. The molecule has 0 aliphatic carbocycles. The van der Waals surface area contributed by atoms with Crippen LogP contribution in [0.4, 0.5) is 11.6 Å². The molecule has 0 radical (unpaired) electrons. The molecule has 0 aliphatic rings. The first-order valence-corrected chi connectivity index (χ1v) is 8.27. The van der Waals surface area contributed by atoms with E-state index in [2.05, 4.69) is 34.0 Å². The number of aryl methyl sites for hydroxylation is 1. The fourth-order valence-electron chi connectivity index (χ4n) is 2.37. The maximum absolute atomic E-state index is 5.71. The van der Waals surface area contributed by atoms with Crippen LogP contribution >= 0.6 is 0 Å². The van der Waals surface area contributed by atoms with Gasteiger partial charge in [0.25, 0.3) is 0 Å². The van der Waals surface area contributed by atoms with E-state index >= 15 is 0 Å². The van der Waals surface area contributed by atoms with Crippen molar-refractivity contribution in [2.45, 2.75) is 20.8 Å². The summed E-state index contributed by atoms with van der Waals surface area (Å²) in [6, 6.07) is 9.53. The van der Waals surface area contributed by atoms with Gasteiger partial charge < -0.3 is 19.7 Å². The molecule has 0 amide bonds. The maximum atomic E-state index is 5.71. The van der Waals surface area contributed by atoms with Crippen LogP contribution in [0.1, 0.15) is 19.7 Å². The Morgan fingerprint density at radius 3 is 2.33 bits per heavy atom. The van der Waals surface area contributed by atoms with Gasteiger partial charge in [-0.25, -0.2) is 9.97 Å². The minimum atomic E-state index is 0.552. The third-order valence-corrected chi connectivity index (χ3v) is 3.65. The van der Waals surface area contributed by atoms with Crippen molar-refractivity contribution < 1.29 is 9.47 Å². The first kappa shape index (κ1) is 17.8. The largest absolute Gasteiger partial charge is 0.497 e. The number of hydrogen-bond acceptors (Lipinski definition) is 6. The number of methoxy groups -OCH3 is 1. The summed E-state index contributed by atoms with van der Waals surface area (Å²) in [6.07, 6.45) is 0. The van der Waals surface area contributed by atoms with Crippen LogP contribution in [0.25, 0.3) is 0 Å². The summed E-state index contributed by atoms with van der Waals surface area (Å²) in [5, 5.41) is 3.29. The minimum absolute atomic E-state index is 0.552. The van der Waals surface area contributed by atoms with Crippen LogP contribution in [0, 0.1) is 6.92 Å². The lowest BCUT2D eigenvalue weighted by Crippen LogP contribution is -2.24. The summed E-state index contributed by atoms with van der Waals surface area (Å²) in [7, 11) is 1.65. The standard InChI is InChI=1S/C18H26N4O2/c1-5-22(6-2)18-13-17(20-14(3)21-18)19-11-12-24-16-9-7-15(23-4)8-10-16/h7-10,13H,5-6,11-12H2,1-4H3,(H,19,20,21). The van der Waals surface area contributed by atoms with E-state index in [0.717, 1.165) is 42.0 Å². The average Bonchev–Trinajstić information content (AvgIpc) is 2.60. The van der Waals surface area contributed by atoms with E-state index in [9.17, 15) is 0 Å². The molecular formula is C18H26N4O2. The highest BCUT2D eigenvalue weighted by Crippen LogP contribution is 2.17. The smallest absolute Gasteiger partial charge is 0.134 e. The average molecular weight is 330 g/mol. The van der Waals surface area contributed by atoms with Crippen molar-refractivity contribution in [2.24, 2.45) is 0 Å². The van der Waals surface area contributed by atoms with Crippen molar-refractivity contribution >= 4 is 11.6 Å². The Balaban J connectivity index is 1.87. The third-order valence-electron chi connectivity index (χ3n) is 3.65. The molecule has 2 aromatic rings. The van der Waals surface area contributed by atoms with E-state index in [1.807, 2.05) is 37.3 Å². The monoisotopic (exact) mass is 330 g/mol. The van der Waals surface area contributed by atoms with Gasteiger partial charge in [-0.1, -0.05) is 0 Å². The molecule has 0 fully saturated rings. The molecule has 6 heteroatoms. The molecule has 0 aliphatic heterocycles. The van der Waals surface area contributed by atoms with Crippen LogP contribution in [0.5, 0.6) is 11.5 Å². The number of benzene rings is 1. The zero-order chi connectivity index (χ0) is 17.4. The SMILES string of the molecule is CCN(CC)c1cc(NCCOc2ccc(OC)cc2)nc(C)n1. The Labute approximate surface area is 143 Å². The van der Waals surface area contributed by atoms with E-state index in [1.54, 1.807) is 7.11 Å². The van der Waals surface area contributed by atoms with Gasteiger partial charge in [0.05, 0.1) is 13.7 Å². The number of nitrogens with zero attached hydrogens (tertiary/aromatic N) is 3. The van der Waals surface area contributed by atoms with Crippen molar-refractivity contribution in [3.8, 4) is 11.5 Å². The second-order valence-corrected chi connectivity index (χ2v) is 5.28. The van der Waals surface area contributed by atoms with Gasteiger partial charge in [-0.05, 0) is 45.0 Å². The molecule has 130 valence electrons. The molecule has 6 nitrogen and oxygen atoms in total. The molecule has 1 N–H and O–H groups in total. The summed E-state index contributed by atoms with van der Waals surface area (Å²) >= 11 is 0. The van der Waals surface area contributed by atoms with Crippen LogP contribution in [0.2, 0.25) is 0 Å².